The molecule has 1 atom stereocenters. The van der Waals surface area contributed by atoms with Crippen LogP contribution in [0.5, 0.6) is 5.75 Å². The molecule has 0 saturated carbocycles. The van der Waals surface area contributed by atoms with E-state index >= 15 is 0 Å². The van der Waals surface area contributed by atoms with Gasteiger partial charge in [-0.25, -0.2) is 8.78 Å². The molecule has 1 aromatic heterocycles. The Bertz CT molecular complexity index is 1280. The van der Waals surface area contributed by atoms with Crippen LogP contribution < -0.4 is 10.1 Å². The van der Waals surface area contributed by atoms with Gasteiger partial charge in [0.15, 0.2) is 0 Å². The Morgan fingerprint density at radius 2 is 1.95 bits per heavy atom. The number of hydrogen-bond acceptors (Lipinski definition) is 8. The van der Waals surface area contributed by atoms with E-state index in [1.54, 1.807) is 24.3 Å². The lowest BCUT2D eigenvalue weighted by atomic mass is 10.1. The van der Waals surface area contributed by atoms with Crippen molar-refractivity contribution in [3.05, 3.63) is 36.0 Å². The van der Waals surface area contributed by atoms with Crippen molar-refractivity contribution in [2.45, 2.75) is 31.2 Å². The van der Waals surface area contributed by atoms with Crippen molar-refractivity contribution >= 4 is 41.3 Å². The number of halogens is 2. The average molecular weight is 575 g/mol. The smallest absolute Gasteiger partial charge is 0.268 e. The van der Waals surface area contributed by atoms with Gasteiger partial charge in [0, 0.05) is 57.1 Å². The maximum atomic E-state index is 13.7. The van der Waals surface area contributed by atoms with Crippen LogP contribution in [0.15, 0.2) is 30.5 Å². The summed E-state index contributed by atoms with van der Waals surface area (Å²) >= 11 is 4.12. The lowest BCUT2D eigenvalue weighted by molar-refractivity contribution is -0.132. The monoisotopic (exact) mass is 574 g/mol. The van der Waals surface area contributed by atoms with E-state index < -0.39 is 43.3 Å². The molecular weight excluding hydrogens is 542 g/mol. The molecule has 3 heterocycles. The summed E-state index contributed by atoms with van der Waals surface area (Å²) in [7, 11) is 0. The number of pyridine rings is 1. The normalized spacial score (nSPS) is 18.9. The number of carbonyl (C=O) groups is 3. The number of fused-ring (bicyclic) bond motifs is 1. The zero-order chi connectivity index (χ0) is 28.7. The standard InChI is InChI=1S/C27H32F2N6O4S/c28-27(29)15-19(16-30)35(18-27)25(37)17-32-26(38)21-4-6-31-23-3-2-20(14-22(21)23)39-12-1-7-33-8-10-34(11-9-33)24(36)5-13-40/h2-4,6,14,19,40H,1,5,7-13,15,17-18H2,(H,32,38)/t19-/m0/s1. The maximum Gasteiger partial charge on any atom is 0.268 e. The Morgan fingerprint density at radius 3 is 2.67 bits per heavy atom. The van der Waals surface area contributed by atoms with Gasteiger partial charge >= 0.3 is 0 Å². The van der Waals surface area contributed by atoms with Crippen molar-refractivity contribution in [1.29, 1.82) is 5.26 Å². The van der Waals surface area contributed by atoms with E-state index in [1.807, 2.05) is 4.90 Å². The van der Waals surface area contributed by atoms with E-state index in [-0.39, 0.29) is 11.5 Å². The molecule has 2 aliphatic heterocycles. The van der Waals surface area contributed by atoms with Crippen LogP contribution in [0, 0.1) is 11.3 Å². The van der Waals surface area contributed by atoms with Gasteiger partial charge in [-0.3, -0.25) is 24.3 Å². The number of benzene rings is 1. The highest BCUT2D eigenvalue weighted by Gasteiger charge is 2.47. The van der Waals surface area contributed by atoms with Crippen molar-refractivity contribution in [1.82, 2.24) is 25.0 Å². The minimum absolute atomic E-state index is 0.146. The Balaban J connectivity index is 1.28. The highest BCUT2D eigenvalue weighted by atomic mass is 32.1. The predicted octanol–water partition coefficient (Wildman–Crippen LogP) is 1.96. The first-order valence-corrected chi connectivity index (χ1v) is 13.8. The van der Waals surface area contributed by atoms with Crippen molar-refractivity contribution in [2.75, 3.05) is 58.2 Å². The van der Waals surface area contributed by atoms with Gasteiger partial charge in [-0.2, -0.15) is 17.9 Å². The molecule has 2 aliphatic rings. The molecule has 2 saturated heterocycles. The van der Waals surface area contributed by atoms with Crippen LogP contribution in [0.25, 0.3) is 10.9 Å². The molecule has 2 aromatic rings. The van der Waals surface area contributed by atoms with Crippen molar-refractivity contribution < 1.29 is 27.9 Å². The van der Waals surface area contributed by atoms with Crippen LogP contribution in [0.1, 0.15) is 29.6 Å². The van der Waals surface area contributed by atoms with Crippen LogP contribution in [0.2, 0.25) is 0 Å². The fourth-order valence-corrected chi connectivity index (χ4v) is 5.10. The Labute approximate surface area is 236 Å². The molecule has 13 heteroatoms. The summed E-state index contributed by atoms with van der Waals surface area (Å²) in [6.45, 7) is 3.00. The van der Waals surface area contributed by atoms with Gasteiger partial charge in [0.2, 0.25) is 11.8 Å². The number of thiol groups is 1. The summed E-state index contributed by atoms with van der Waals surface area (Å²) in [5.41, 5.74) is 0.817. The molecule has 0 unspecified atom stereocenters. The Kier molecular flexibility index (Phi) is 9.76. The summed E-state index contributed by atoms with van der Waals surface area (Å²) in [5, 5.41) is 12.1. The summed E-state index contributed by atoms with van der Waals surface area (Å²) in [4.78, 5) is 46.6. The molecular formula is C27H32F2N6O4S. The van der Waals surface area contributed by atoms with E-state index in [9.17, 15) is 23.2 Å². The zero-order valence-corrected chi connectivity index (χ0v) is 22.9. The van der Waals surface area contributed by atoms with E-state index in [1.165, 1.54) is 12.3 Å². The average Bonchev–Trinajstić information content (AvgIpc) is 3.28. The number of nitrogens with zero attached hydrogens (tertiary/aromatic N) is 5. The number of nitrogens with one attached hydrogen (secondary N) is 1. The SMILES string of the molecule is N#C[C@@H]1CC(F)(F)CN1C(=O)CNC(=O)c1ccnc2ccc(OCCCN3CCN(C(=O)CCS)CC3)cc12. The first kappa shape index (κ1) is 29.5. The molecule has 1 N–H and O–H groups in total. The highest BCUT2D eigenvalue weighted by molar-refractivity contribution is 7.80. The number of aromatic nitrogens is 1. The minimum Gasteiger partial charge on any atom is -0.494 e. The van der Waals surface area contributed by atoms with Gasteiger partial charge in [-0.1, -0.05) is 0 Å². The number of amides is 3. The molecule has 214 valence electrons. The third-order valence-corrected chi connectivity index (χ3v) is 7.26. The van der Waals surface area contributed by atoms with E-state index in [0.717, 1.165) is 31.0 Å². The molecule has 0 aliphatic carbocycles. The topological polar surface area (TPSA) is 119 Å². The zero-order valence-electron chi connectivity index (χ0n) is 22.0. The largest absolute Gasteiger partial charge is 0.494 e. The maximum absolute atomic E-state index is 13.7. The van der Waals surface area contributed by atoms with Gasteiger partial charge in [0.1, 0.15) is 11.8 Å². The molecule has 0 bridgehead atoms. The van der Waals surface area contributed by atoms with Crippen LogP contribution in [-0.4, -0.2) is 108 Å². The molecule has 10 nitrogen and oxygen atoms in total. The Hall–Kier alpha value is -3.50. The van der Waals surface area contributed by atoms with Gasteiger partial charge in [-0.05, 0) is 36.4 Å². The van der Waals surface area contributed by atoms with Crippen LogP contribution in [0.4, 0.5) is 8.78 Å². The van der Waals surface area contributed by atoms with Gasteiger partial charge in [0.25, 0.3) is 11.8 Å². The lowest BCUT2D eigenvalue weighted by Gasteiger charge is -2.34. The molecule has 2 fully saturated rings. The second kappa shape index (κ2) is 13.2. The van der Waals surface area contributed by atoms with Gasteiger partial charge in [-0.15, -0.1) is 0 Å². The number of nitriles is 1. The third kappa shape index (κ3) is 7.37. The molecule has 4 rings (SSSR count). The van der Waals surface area contributed by atoms with Gasteiger partial charge < -0.3 is 19.9 Å². The Morgan fingerprint density at radius 1 is 1.18 bits per heavy atom. The summed E-state index contributed by atoms with van der Waals surface area (Å²) < 4.78 is 33.3. The summed E-state index contributed by atoms with van der Waals surface area (Å²) in [6.07, 6.45) is 2.00. The second-order valence-electron chi connectivity index (χ2n) is 9.84. The molecule has 3 amide bonds. The predicted molar refractivity (Wildman–Crippen MR) is 146 cm³/mol. The number of hydrogen-bond donors (Lipinski definition) is 2. The molecule has 1 aromatic carbocycles. The highest BCUT2D eigenvalue weighted by Crippen LogP contribution is 2.31. The summed E-state index contributed by atoms with van der Waals surface area (Å²) in [6, 6.07) is 7.21. The number of ether oxygens (including phenoxy) is 1. The number of rotatable bonds is 10. The first-order valence-electron chi connectivity index (χ1n) is 13.2. The summed E-state index contributed by atoms with van der Waals surface area (Å²) in [5.74, 6) is -3.18. The lowest BCUT2D eigenvalue weighted by Crippen LogP contribution is -2.49. The number of piperazine rings is 1. The minimum atomic E-state index is -3.13. The van der Waals surface area contributed by atoms with Crippen LogP contribution >= 0.6 is 12.6 Å². The van der Waals surface area contributed by atoms with Crippen LogP contribution in [0.3, 0.4) is 0 Å². The molecule has 0 radical (unpaired) electrons. The fourth-order valence-electron chi connectivity index (χ4n) is 4.91. The van der Waals surface area contributed by atoms with E-state index in [0.29, 0.717) is 48.5 Å². The number of likely N-dealkylation sites (tertiary alicyclic amines) is 1. The molecule has 0 spiro atoms. The second-order valence-corrected chi connectivity index (χ2v) is 10.3. The van der Waals surface area contributed by atoms with Crippen molar-refractivity contribution in [3.63, 3.8) is 0 Å². The number of carbonyl (C=O) groups excluding carboxylic acids is 3. The first-order chi connectivity index (χ1) is 19.2. The van der Waals surface area contributed by atoms with Crippen molar-refractivity contribution in [2.24, 2.45) is 0 Å². The number of alkyl halides is 2. The van der Waals surface area contributed by atoms with Crippen molar-refractivity contribution in [3.8, 4) is 11.8 Å². The van der Waals surface area contributed by atoms with Gasteiger partial charge in [0.05, 0.1) is 36.8 Å². The van der Waals surface area contributed by atoms with Crippen LogP contribution in [-0.2, 0) is 9.59 Å². The fraction of sp³-hybridized carbons (Fsp3) is 0.519. The van der Waals surface area contributed by atoms with E-state index in [2.05, 4.69) is 27.8 Å². The third-order valence-electron chi connectivity index (χ3n) is 7.04. The van der Waals surface area contributed by atoms with E-state index in [4.69, 9.17) is 10.00 Å². The quantitative estimate of drug-likeness (QED) is 0.329. The molecule has 40 heavy (non-hydrogen) atoms.